The zero-order valence-electron chi connectivity index (χ0n) is 12.5. The van der Waals surface area contributed by atoms with Gasteiger partial charge in [-0.2, -0.15) is 0 Å². The van der Waals surface area contributed by atoms with Crippen LogP contribution in [0, 0.1) is 0 Å². The van der Waals surface area contributed by atoms with E-state index < -0.39 is 0 Å². The van der Waals surface area contributed by atoms with Crippen molar-refractivity contribution in [3.63, 3.8) is 0 Å². The normalized spacial score (nSPS) is 14.1. The maximum Gasteiger partial charge on any atom is 0.241 e. The van der Waals surface area contributed by atoms with Crippen molar-refractivity contribution < 1.29 is 14.3 Å². The van der Waals surface area contributed by atoms with Gasteiger partial charge in [-0.1, -0.05) is 6.07 Å². The summed E-state index contributed by atoms with van der Waals surface area (Å²) in [7, 11) is 1.95. The van der Waals surface area contributed by atoms with Gasteiger partial charge in [0.1, 0.15) is 0 Å². The molecule has 2 heterocycles. The Morgan fingerprint density at radius 2 is 2.18 bits per heavy atom. The summed E-state index contributed by atoms with van der Waals surface area (Å²) in [5.41, 5.74) is 0.714. The number of rotatable bonds is 5. The lowest BCUT2D eigenvalue weighted by molar-refractivity contribution is -0.120. The van der Waals surface area contributed by atoms with Gasteiger partial charge in [0.15, 0.2) is 11.5 Å². The number of anilines is 1. The number of benzene rings is 1. The highest BCUT2D eigenvalue weighted by atomic mass is 32.1. The molecular weight excluding hydrogens is 300 g/mol. The van der Waals surface area contributed by atoms with Crippen LogP contribution in [0.25, 0.3) is 0 Å². The quantitative estimate of drug-likeness (QED) is 0.921. The molecule has 22 heavy (non-hydrogen) atoms. The standard InChI is InChI=1S/C16H18N2O3S/c1-11(18(2)9-13-4-3-7-22-13)16(19)17-12-5-6-14-15(8-12)21-10-20-14/h3-8,11H,9-10H2,1-2H3,(H,17,19)/t11-/m0/s1. The Morgan fingerprint density at radius 3 is 2.95 bits per heavy atom. The number of fused-ring (bicyclic) bond motifs is 1. The van der Waals surface area contributed by atoms with Crippen molar-refractivity contribution >= 4 is 22.9 Å². The molecule has 0 bridgehead atoms. The Balaban J connectivity index is 1.61. The van der Waals surface area contributed by atoms with Gasteiger partial charge in [0, 0.05) is 23.2 Å². The zero-order valence-corrected chi connectivity index (χ0v) is 13.4. The number of ether oxygens (including phenoxy) is 2. The first-order chi connectivity index (χ1) is 10.6. The van der Waals surface area contributed by atoms with Crippen LogP contribution < -0.4 is 14.8 Å². The molecule has 0 unspecified atom stereocenters. The van der Waals surface area contributed by atoms with Gasteiger partial charge in [0.25, 0.3) is 0 Å². The third-order valence-electron chi connectivity index (χ3n) is 3.67. The van der Waals surface area contributed by atoms with E-state index in [4.69, 9.17) is 9.47 Å². The lowest BCUT2D eigenvalue weighted by Gasteiger charge is -2.23. The molecule has 1 aromatic carbocycles. The summed E-state index contributed by atoms with van der Waals surface area (Å²) in [6, 6.07) is 9.27. The van der Waals surface area contributed by atoms with Gasteiger partial charge >= 0.3 is 0 Å². The lowest BCUT2D eigenvalue weighted by atomic mass is 10.2. The number of amides is 1. The summed E-state index contributed by atoms with van der Waals surface area (Å²) in [5.74, 6) is 1.33. The topological polar surface area (TPSA) is 50.8 Å². The monoisotopic (exact) mass is 318 g/mol. The SMILES string of the molecule is C[C@@H](C(=O)Nc1ccc2c(c1)OCO2)N(C)Cc1cccs1. The largest absolute Gasteiger partial charge is 0.454 e. The van der Waals surface area contributed by atoms with E-state index in [1.54, 1.807) is 23.5 Å². The zero-order chi connectivity index (χ0) is 15.5. The van der Waals surface area contributed by atoms with Crippen LogP contribution >= 0.6 is 11.3 Å². The molecule has 1 N–H and O–H groups in total. The molecule has 1 amide bonds. The maximum atomic E-state index is 12.4. The van der Waals surface area contributed by atoms with Crippen LogP contribution in [0.1, 0.15) is 11.8 Å². The number of nitrogens with one attached hydrogen (secondary N) is 1. The molecule has 3 rings (SSSR count). The molecule has 2 aromatic rings. The van der Waals surface area contributed by atoms with E-state index >= 15 is 0 Å². The van der Waals surface area contributed by atoms with Gasteiger partial charge in [-0.15, -0.1) is 11.3 Å². The molecule has 6 heteroatoms. The van der Waals surface area contributed by atoms with Crippen molar-refractivity contribution in [2.45, 2.75) is 19.5 Å². The van der Waals surface area contributed by atoms with Crippen molar-refractivity contribution in [2.75, 3.05) is 19.2 Å². The second-order valence-corrected chi connectivity index (χ2v) is 6.26. The first kappa shape index (κ1) is 14.9. The lowest BCUT2D eigenvalue weighted by Crippen LogP contribution is -2.39. The van der Waals surface area contributed by atoms with Crippen molar-refractivity contribution in [1.82, 2.24) is 4.90 Å². The predicted molar refractivity (Wildman–Crippen MR) is 86.4 cm³/mol. The Kier molecular flexibility index (Phi) is 4.31. The third kappa shape index (κ3) is 3.23. The van der Waals surface area contributed by atoms with Crippen LogP contribution in [0.2, 0.25) is 0 Å². The molecule has 0 radical (unpaired) electrons. The van der Waals surface area contributed by atoms with E-state index in [1.807, 2.05) is 36.4 Å². The molecule has 1 aromatic heterocycles. The smallest absolute Gasteiger partial charge is 0.241 e. The van der Waals surface area contributed by atoms with Crippen molar-refractivity contribution in [3.05, 3.63) is 40.6 Å². The maximum absolute atomic E-state index is 12.4. The third-order valence-corrected chi connectivity index (χ3v) is 4.53. The fraction of sp³-hybridized carbons (Fsp3) is 0.312. The molecule has 116 valence electrons. The molecule has 0 saturated carbocycles. The highest BCUT2D eigenvalue weighted by Gasteiger charge is 2.20. The predicted octanol–water partition coefficient (Wildman–Crippen LogP) is 2.94. The fourth-order valence-electron chi connectivity index (χ4n) is 2.21. The molecule has 1 aliphatic rings. The van der Waals surface area contributed by atoms with Crippen molar-refractivity contribution in [2.24, 2.45) is 0 Å². The number of hydrogen-bond donors (Lipinski definition) is 1. The van der Waals surface area contributed by atoms with E-state index in [-0.39, 0.29) is 18.7 Å². The van der Waals surface area contributed by atoms with Crippen LogP contribution in [0.5, 0.6) is 11.5 Å². The highest BCUT2D eigenvalue weighted by molar-refractivity contribution is 7.09. The Hall–Kier alpha value is -2.05. The number of nitrogens with zero attached hydrogens (tertiary/aromatic N) is 1. The van der Waals surface area contributed by atoms with Gasteiger partial charge in [-0.05, 0) is 37.6 Å². The van der Waals surface area contributed by atoms with Gasteiger partial charge in [0.2, 0.25) is 12.7 Å². The minimum absolute atomic E-state index is 0.0436. The van der Waals surface area contributed by atoms with Crippen LogP contribution in [0.3, 0.4) is 0 Å². The number of hydrogen-bond acceptors (Lipinski definition) is 5. The summed E-state index contributed by atoms with van der Waals surface area (Å²) in [6.07, 6.45) is 0. The second-order valence-electron chi connectivity index (χ2n) is 5.23. The van der Waals surface area contributed by atoms with Gasteiger partial charge < -0.3 is 14.8 Å². The van der Waals surface area contributed by atoms with E-state index in [1.165, 1.54) is 4.88 Å². The van der Waals surface area contributed by atoms with Gasteiger partial charge in [-0.25, -0.2) is 0 Å². The van der Waals surface area contributed by atoms with Crippen molar-refractivity contribution in [1.29, 1.82) is 0 Å². The van der Waals surface area contributed by atoms with Crippen LogP contribution in [0.4, 0.5) is 5.69 Å². The molecule has 5 nitrogen and oxygen atoms in total. The van der Waals surface area contributed by atoms with E-state index in [9.17, 15) is 4.79 Å². The molecule has 0 saturated heterocycles. The van der Waals surface area contributed by atoms with E-state index in [0.717, 1.165) is 6.54 Å². The minimum atomic E-state index is -0.229. The first-order valence-corrected chi connectivity index (χ1v) is 7.94. The van der Waals surface area contributed by atoms with Crippen LogP contribution in [0.15, 0.2) is 35.7 Å². The molecule has 0 fully saturated rings. The fourth-order valence-corrected chi connectivity index (χ4v) is 2.97. The Labute approximate surface area is 133 Å². The van der Waals surface area contributed by atoms with Gasteiger partial charge in [-0.3, -0.25) is 9.69 Å². The summed E-state index contributed by atoms with van der Waals surface area (Å²) in [6.45, 7) is 2.88. The number of carbonyl (C=O) groups excluding carboxylic acids is 1. The van der Waals surface area contributed by atoms with E-state index in [2.05, 4.69) is 11.4 Å². The summed E-state index contributed by atoms with van der Waals surface area (Å²) in [5, 5.41) is 4.96. The molecule has 1 aliphatic heterocycles. The molecule has 0 spiro atoms. The molecule has 1 atom stereocenters. The Bertz CT molecular complexity index is 657. The van der Waals surface area contributed by atoms with E-state index in [0.29, 0.717) is 17.2 Å². The highest BCUT2D eigenvalue weighted by Crippen LogP contribution is 2.34. The minimum Gasteiger partial charge on any atom is -0.454 e. The first-order valence-electron chi connectivity index (χ1n) is 7.06. The Morgan fingerprint density at radius 1 is 1.36 bits per heavy atom. The summed E-state index contributed by atoms with van der Waals surface area (Å²) >= 11 is 1.69. The molecule has 0 aliphatic carbocycles. The molecular formula is C16H18N2O3S. The average molecular weight is 318 g/mol. The van der Waals surface area contributed by atoms with Gasteiger partial charge in [0.05, 0.1) is 6.04 Å². The second kappa shape index (κ2) is 6.37. The number of thiophene rings is 1. The summed E-state index contributed by atoms with van der Waals surface area (Å²) in [4.78, 5) is 15.6. The average Bonchev–Trinajstić information content (AvgIpc) is 3.16. The van der Waals surface area contributed by atoms with Crippen LogP contribution in [-0.2, 0) is 11.3 Å². The number of carbonyl (C=O) groups is 1. The summed E-state index contributed by atoms with van der Waals surface area (Å²) < 4.78 is 10.6. The van der Waals surface area contributed by atoms with Crippen molar-refractivity contribution in [3.8, 4) is 11.5 Å². The van der Waals surface area contributed by atoms with Crippen LogP contribution in [-0.4, -0.2) is 30.7 Å². The number of likely N-dealkylation sites (N-methyl/N-ethyl adjacent to an activating group) is 1.